The van der Waals surface area contributed by atoms with E-state index in [9.17, 15) is 4.39 Å². The lowest BCUT2D eigenvalue weighted by molar-refractivity contribution is 0.295. The van der Waals surface area contributed by atoms with Crippen LogP contribution in [0.1, 0.15) is 22.3 Å². The monoisotopic (exact) mass is 411 g/mol. The van der Waals surface area contributed by atoms with Gasteiger partial charge in [-0.3, -0.25) is 0 Å². The van der Waals surface area contributed by atoms with Gasteiger partial charge >= 0.3 is 0 Å². The molecule has 5 heteroatoms. The summed E-state index contributed by atoms with van der Waals surface area (Å²) >= 11 is 6.86. The molecule has 0 heterocycles. The second-order valence-electron chi connectivity index (χ2n) is 4.55. The first-order valence-corrected chi connectivity index (χ1v) is 8.13. The summed E-state index contributed by atoms with van der Waals surface area (Å²) in [5, 5.41) is 9.51. The third-order valence-electron chi connectivity index (χ3n) is 3.01. The fourth-order valence-electron chi connectivity index (χ4n) is 2.01. The molecule has 2 aromatic rings. The number of halogens is 3. The Morgan fingerprint density at radius 3 is 2.67 bits per heavy atom. The van der Waals surface area contributed by atoms with Gasteiger partial charge in [0.25, 0.3) is 0 Å². The summed E-state index contributed by atoms with van der Waals surface area (Å²) in [4.78, 5) is 0. The van der Waals surface area contributed by atoms with Crippen molar-refractivity contribution in [2.45, 2.75) is 18.9 Å². The van der Waals surface area contributed by atoms with E-state index in [4.69, 9.17) is 10.00 Å². The van der Waals surface area contributed by atoms with Crippen LogP contribution in [0.25, 0.3) is 0 Å². The average Bonchev–Trinajstić information content (AvgIpc) is 2.47. The quantitative estimate of drug-likeness (QED) is 0.643. The van der Waals surface area contributed by atoms with Crippen LogP contribution < -0.4 is 4.74 Å². The van der Waals surface area contributed by atoms with Crippen molar-refractivity contribution in [1.29, 1.82) is 5.26 Å². The minimum absolute atomic E-state index is 0.0871. The molecule has 0 spiro atoms. The summed E-state index contributed by atoms with van der Waals surface area (Å²) in [6.07, 6.45) is 0. The Morgan fingerprint density at radius 1 is 1.24 bits per heavy atom. The number of ether oxygens (including phenoxy) is 1. The number of hydrogen-bond acceptors (Lipinski definition) is 2. The lowest BCUT2D eigenvalue weighted by atomic mass is 10.1. The van der Waals surface area contributed by atoms with Crippen LogP contribution in [-0.4, -0.2) is 0 Å². The van der Waals surface area contributed by atoms with Crippen molar-refractivity contribution >= 4 is 31.9 Å². The zero-order valence-electron chi connectivity index (χ0n) is 11.3. The SMILES string of the molecule is Cc1cc(Br)cc(CBr)c1OCc1cc(C#N)ccc1F. The van der Waals surface area contributed by atoms with Gasteiger partial charge in [0.2, 0.25) is 0 Å². The molecular weight excluding hydrogens is 401 g/mol. The number of rotatable bonds is 4. The molecule has 0 fully saturated rings. The molecule has 2 nitrogen and oxygen atoms in total. The van der Waals surface area contributed by atoms with Crippen molar-refractivity contribution in [1.82, 2.24) is 0 Å². The summed E-state index contributed by atoms with van der Waals surface area (Å²) in [5.74, 6) is 0.362. The van der Waals surface area contributed by atoms with Crippen molar-refractivity contribution < 1.29 is 9.13 Å². The van der Waals surface area contributed by atoms with Crippen molar-refractivity contribution in [2.75, 3.05) is 0 Å². The van der Waals surface area contributed by atoms with Gasteiger partial charge in [0, 0.05) is 20.9 Å². The van der Waals surface area contributed by atoms with E-state index in [2.05, 4.69) is 31.9 Å². The normalized spacial score (nSPS) is 10.2. The maximum atomic E-state index is 13.7. The van der Waals surface area contributed by atoms with Crippen LogP contribution in [0.2, 0.25) is 0 Å². The number of hydrogen-bond donors (Lipinski definition) is 0. The molecule has 0 aliphatic carbocycles. The highest BCUT2D eigenvalue weighted by atomic mass is 79.9. The molecule has 0 bridgehead atoms. The van der Waals surface area contributed by atoms with Crippen LogP contribution in [0.5, 0.6) is 5.75 Å². The van der Waals surface area contributed by atoms with Crippen LogP contribution in [0.3, 0.4) is 0 Å². The van der Waals surface area contributed by atoms with Crippen molar-refractivity contribution in [3.8, 4) is 11.8 Å². The van der Waals surface area contributed by atoms with Crippen LogP contribution in [0.4, 0.5) is 4.39 Å². The molecule has 0 N–H and O–H groups in total. The van der Waals surface area contributed by atoms with Crippen LogP contribution in [0, 0.1) is 24.1 Å². The van der Waals surface area contributed by atoms with E-state index in [1.165, 1.54) is 18.2 Å². The fourth-order valence-corrected chi connectivity index (χ4v) is 3.05. The second-order valence-corrected chi connectivity index (χ2v) is 6.03. The van der Waals surface area contributed by atoms with E-state index in [-0.39, 0.29) is 12.4 Å². The maximum absolute atomic E-state index is 13.7. The first-order chi connectivity index (χ1) is 10.0. The van der Waals surface area contributed by atoms with Crippen LogP contribution >= 0.6 is 31.9 Å². The Hall–Kier alpha value is -1.38. The largest absolute Gasteiger partial charge is 0.488 e. The van der Waals surface area contributed by atoms with Crippen LogP contribution in [0.15, 0.2) is 34.8 Å². The highest BCUT2D eigenvalue weighted by molar-refractivity contribution is 9.10. The van der Waals surface area contributed by atoms with E-state index < -0.39 is 0 Å². The Kier molecular flexibility index (Phi) is 5.38. The lowest BCUT2D eigenvalue weighted by Crippen LogP contribution is -2.02. The fraction of sp³-hybridized carbons (Fsp3) is 0.188. The topological polar surface area (TPSA) is 33.0 Å². The predicted molar refractivity (Wildman–Crippen MR) is 87.0 cm³/mol. The summed E-state index contributed by atoms with van der Waals surface area (Å²) in [6, 6.07) is 10.2. The van der Waals surface area contributed by atoms with Gasteiger partial charge < -0.3 is 4.74 Å². The Labute approximate surface area is 139 Å². The summed E-state index contributed by atoms with van der Waals surface area (Å²) in [5.41, 5.74) is 2.74. The zero-order valence-corrected chi connectivity index (χ0v) is 14.5. The Morgan fingerprint density at radius 2 is 2.00 bits per heavy atom. The highest BCUT2D eigenvalue weighted by Gasteiger charge is 2.10. The molecule has 2 aromatic carbocycles. The molecule has 0 aliphatic rings. The smallest absolute Gasteiger partial charge is 0.129 e. The van der Waals surface area contributed by atoms with Gasteiger partial charge in [-0.15, -0.1) is 0 Å². The zero-order chi connectivity index (χ0) is 15.4. The molecule has 0 amide bonds. The molecule has 2 rings (SSSR count). The molecule has 0 unspecified atom stereocenters. The molecule has 0 aliphatic heterocycles. The van der Waals surface area contributed by atoms with Gasteiger partial charge in [-0.05, 0) is 42.8 Å². The van der Waals surface area contributed by atoms with E-state index >= 15 is 0 Å². The summed E-state index contributed by atoms with van der Waals surface area (Å²) in [6.45, 7) is 2.03. The van der Waals surface area contributed by atoms with Crippen molar-refractivity contribution in [2.24, 2.45) is 0 Å². The van der Waals surface area contributed by atoms with E-state index in [1.807, 2.05) is 25.1 Å². The average molecular weight is 413 g/mol. The van der Waals surface area contributed by atoms with Gasteiger partial charge in [0.15, 0.2) is 0 Å². The highest BCUT2D eigenvalue weighted by Crippen LogP contribution is 2.30. The molecular formula is C16H12Br2FNO. The lowest BCUT2D eigenvalue weighted by Gasteiger charge is -2.14. The Balaban J connectivity index is 2.27. The third kappa shape index (κ3) is 3.84. The summed E-state index contributed by atoms with van der Waals surface area (Å²) < 4.78 is 20.5. The van der Waals surface area contributed by atoms with Gasteiger partial charge in [-0.2, -0.15) is 5.26 Å². The molecule has 21 heavy (non-hydrogen) atoms. The van der Waals surface area contributed by atoms with E-state index in [0.29, 0.717) is 16.5 Å². The maximum Gasteiger partial charge on any atom is 0.129 e. The van der Waals surface area contributed by atoms with E-state index in [1.54, 1.807) is 0 Å². The van der Waals surface area contributed by atoms with Gasteiger partial charge in [-0.25, -0.2) is 4.39 Å². The molecule has 108 valence electrons. The number of nitrogens with zero attached hydrogens (tertiary/aromatic N) is 1. The molecule has 0 radical (unpaired) electrons. The predicted octanol–water partition coefficient (Wildman–Crippen LogP) is 5.24. The van der Waals surface area contributed by atoms with Crippen LogP contribution in [-0.2, 0) is 11.9 Å². The number of benzene rings is 2. The first kappa shape index (κ1) is 16.0. The number of alkyl halides is 1. The first-order valence-electron chi connectivity index (χ1n) is 6.21. The standard InChI is InChI=1S/C16H12Br2FNO/c1-10-4-14(18)6-12(7-17)16(10)21-9-13-5-11(8-20)2-3-15(13)19/h2-6H,7,9H2,1H3. The molecule has 0 atom stereocenters. The number of aryl methyl sites for hydroxylation is 1. The third-order valence-corrected chi connectivity index (χ3v) is 4.07. The second kappa shape index (κ2) is 7.06. The molecule has 0 saturated carbocycles. The minimum Gasteiger partial charge on any atom is -0.488 e. The van der Waals surface area contributed by atoms with Gasteiger partial charge in [0.05, 0.1) is 11.6 Å². The minimum atomic E-state index is -0.371. The van der Waals surface area contributed by atoms with Crippen molar-refractivity contribution in [3.05, 3.63) is 62.9 Å². The van der Waals surface area contributed by atoms with E-state index in [0.717, 1.165) is 21.3 Å². The Bertz CT molecular complexity index is 710. The molecule has 0 aromatic heterocycles. The summed E-state index contributed by atoms with van der Waals surface area (Å²) in [7, 11) is 0. The van der Waals surface area contributed by atoms with Gasteiger partial charge in [-0.1, -0.05) is 31.9 Å². The molecule has 0 saturated heterocycles. The van der Waals surface area contributed by atoms with Gasteiger partial charge in [0.1, 0.15) is 18.2 Å². The number of nitriles is 1. The van der Waals surface area contributed by atoms with Crippen molar-refractivity contribution in [3.63, 3.8) is 0 Å².